The maximum absolute atomic E-state index is 12.6. The smallest absolute Gasteiger partial charge is 0.319 e. The molecule has 0 fully saturated rings. The van der Waals surface area contributed by atoms with Crippen molar-refractivity contribution in [2.45, 2.75) is 33.7 Å². The largest absolute Gasteiger partial charge is 0.382 e. The van der Waals surface area contributed by atoms with Crippen LogP contribution >= 0.6 is 0 Å². The lowest BCUT2D eigenvalue weighted by molar-refractivity contribution is -0.133. The molecule has 3 amide bonds. The number of urea groups is 1. The van der Waals surface area contributed by atoms with Crippen LogP contribution in [0, 0.1) is 12.3 Å². The van der Waals surface area contributed by atoms with Crippen LogP contribution in [0.5, 0.6) is 0 Å². The fourth-order valence-electron chi connectivity index (χ4n) is 2.56. The van der Waals surface area contributed by atoms with Crippen molar-refractivity contribution in [3.63, 3.8) is 0 Å². The van der Waals surface area contributed by atoms with Crippen molar-refractivity contribution in [1.29, 1.82) is 0 Å². The summed E-state index contributed by atoms with van der Waals surface area (Å²) in [7, 11) is 0.190. The molecule has 0 spiro atoms. The van der Waals surface area contributed by atoms with Gasteiger partial charge >= 0.3 is 6.03 Å². The Balaban J connectivity index is 2.96. The van der Waals surface area contributed by atoms with E-state index in [0.29, 0.717) is 11.4 Å². The molecular weight excluding hydrogens is 380 g/mol. The van der Waals surface area contributed by atoms with Gasteiger partial charge in [-0.15, -0.1) is 0 Å². The molecule has 0 unspecified atom stereocenters. The molecule has 0 aliphatic carbocycles. The van der Waals surface area contributed by atoms with Crippen LogP contribution in [0.4, 0.5) is 16.2 Å². The van der Waals surface area contributed by atoms with Gasteiger partial charge in [-0.05, 0) is 24.0 Å². The van der Waals surface area contributed by atoms with Gasteiger partial charge in [0.25, 0.3) is 0 Å². The first-order valence-corrected chi connectivity index (χ1v) is 11.1. The number of nitrogens with one attached hydrogen (secondary N) is 3. The van der Waals surface area contributed by atoms with E-state index in [-0.39, 0.29) is 18.2 Å². The minimum absolute atomic E-state index is 0.0175. The SMILES string of the molecule is Cc1cccc(NC(=O)N[C@H](C(=O)N(C)C)C(C)(C)C)c1NCCS(C)(=O)=O. The summed E-state index contributed by atoms with van der Waals surface area (Å²) in [6.07, 6.45) is 1.17. The van der Waals surface area contributed by atoms with Crippen molar-refractivity contribution in [1.82, 2.24) is 10.2 Å². The van der Waals surface area contributed by atoms with E-state index in [1.165, 1.54) is 11.2 Å². The summed E-state index contributed by atoms with van der Waals surface area (Å²) < 4.78 is 22.7. The number of carbonyl (C=O) groups is 2. The minimum Gasteiger partial charge on any atom is -0.382 e. The Hall–Kier alpha value is -2.29. The normalized spacial score (nSPS) is 12.8. The number of rotatable bonds is 7. The highest BCUT2D eigenvalue weighted by Crippen LogP contribution is 2.26. The second-order valence-electron chi connectivity index (χ2n) is 8.18. The third-order valence-electron chi connectivity index (χ3n) is 4.12. The number of benzene rings is 1. The topological polar surface area (TPSA) is 108 Å². The van der Waals surface area contributed by atoms with E-state index in [9.17, 15) is 18.0 Å². The van der Waals surface area contributed by atoms with Gasteiger partial charge in [0, 0.05) is 26.9 Å². The summed E-state index contributed by atoms with van der Waals surface area (Å²) in [5, 5.41) is 8.58. The second kappa shape index (κ2) is 9.27. The molecule has 0 heterocycles. The number of nitrogens with zero attached hydrogens (tertiary/aromatic N) is 1. The Morgan fingerprint density at radius 3 is 2.29 bits per heavy atom. The van der Waals surface area contributed by atoms with E-state index >= 15 is 0 Å². The van der Waals surface area contributed by atoms with E-state index in [4.69, 9.17) is 0 Å². The molecule has 28 heavy (non-hydrogen) atoms. The van der Waals surface area contributed by atoms with Gasteiger partial charge in [0.2, 0.25) is 5.91 Å². The Bertz CT molecular complexity index is 814. The highest BCUT2D eigenvalue weighted by Gasteiger charge is 2.33. The molecule has 1 aromatic rings. The minimum atomic E-state index is -3.10. The highest BCUT2D eigenvalue weighted by molar-refractivity contribution is 7.90. The maximum atomic E-state index is 12.6. The lowest BCUT2D eigenvalue weighted by atomic mass is 9.86. The maximum Gasteiger partial charge on any atom is 0.319 e. The van der Waals surface area contributed by atoms with Crippen LogP contribution in [-0.4, -0.2) is 63.9 Å². The highest BCUT2D eigenvalue weighted by atomic mass is 32.2. The summed E-state index contributed by atoms with van der Waals surface area (Å²) in [6, 6.07) is 4.16. The molecule has 158 valence electrons. The third-order valence-corrected chi connectivity index (χ3v) is 5.07. The van der Waals surface area contributed by atoms with Gasteiger partial charge in [0.15, 0.2) is 0 Å². The second-order valence-corrected chi connectivity index (χ2v) is 10.4. The van der Waals surface area contributed by atoms with E-state index in [1.54, 1.807) is 26.2 Å². The van der Waals surface area contributed by atoms with Gasteiger partial charge in [-0.25, -0.2) is 13.2 Å². The Labute approximate surface area is 168 Å². The zero-order valence-corrected chi connectivity index (χ0v) is 18.5. The van der Waals surface area contributed by atoms with E-state index in [1.807, 2.05) is 33.8 Å². The van der Waals surface area contributed by atoms with Crippen LogP contribution < -0.4 is 16.0 Å². The summed E-state index contributed by atoms with van der Waals surface area (Å²) >= 11 is 0. The first kappa shape index (κ1) is 23.7. The lowest BCUT2D eigenvalue weighted by Crippen LogP contribution is -2.54. The quantitative estimate of drug-likeness (QED) is 0.635. The van der Waals surface area contributed by atoms with E-state index < -0.39 is 27.3 Å². The first-order chi connectivity index (χ1) is 12.7. The predicted octanol–water partition coefficient (Wildman–Crippen LogP) is 2.08. The van der Waals surface area contributed by atoms with Gasteiger partial charge in [-0.2, -0.15) is 0 Å². The van der Waals surface area contributed by atoms with Gasteiger partial charge < -0.3 is 20.9 Å². The molecule has 3 N–H and O–H groups in total. The van der Waals surface area contributed by atoms with Crippen molar-refractivity contribution in [2.24, 2.45) is 5.41 Å². The summed E-state index contributed by atoms with van der Waals surface area (Å²) in [5.41, 5.74) is 1.55. The standard InChI is InChI=1S/C19H32N4O4S/c1-13-9-8-10-14(15(13)20-11-12-28(7,26)27)21-18(25)22-16(19(2,3)4)17(24)23(5)6/h8-10,16,20H,11-12H2,1-7H3,(H2,21,22,25)/t16-/m1/s1. The molecular formula is C19H32N4O4S. The van der Waals surface area contributed by atoms with E-state index in [0.717, 1.165) is 5.56 Å². The van der Waals surface area contributed by atoms with Crippen molar-refractivity contribution >= 4 is 33.2 Å². The van der Waals surface area contributed by atoms with Crippen LogP contribution in [0.25, 0.3) is 0 Å². The molecule has 0 bridgehead atoms. The fourth-order valence-corrected chi connectivity index (χ4v) is 3.04. The molecule has 9 heteroatoms. The van der Waals surface area contributed by atoms with Crippen molar-refractivity contribution in [3.8, 4) is 0 Å². The molecule has 8 nitrogen and oxygen atoms in total. The van der Waals surface area contributed by atoms with Gasteiger partial charge in [0.1, 0.15) is 15.9 Å². The number of carbonyl (C=O) groups excluding carboxylic acids is 2. The molecule has 1 aromatic carbocycles. The number of hydrogen-bond donors (Lipinski definition) is 3. The first-order valence-electron chi connectivity index (χ1n) is 9.02. The molecule has 0 aliphatic rings. The van der Waals surface area contributed by atoms with Crippen LogP contribution in [0.15, 0.2) is 18.2 Å². The Kier molecular flexibility index (Phi) is 7.86. The molecule has 1 rings (SSSR count). The van der Waals surface area contributed by atoms with Crippen molar-refractivity contribution in [2.75, 3.05) is 43.3 Å². The van der Waals surface area contributed by atoms with Gasteiger partial charge in [0.05, 0.1) is 17.1 Å². The third kappa shape index (κ3) is 7.38. The summed E-state index contributed by atoms with van der Waals surface area (Å²) in [6.45, 7) is 7.72. The van der Waals surface area contributed by atoms with Crippen LogP contribution in [0.2, 0.25) is 0 Å². The number of amides is 3. The zero-order valence-electron chi connectivity index (χ0n) is 17.7. The van der Waals surface area contributed by atoms with Crippen LogP contribution in [0.3, 0.4) is 0 Å². The molecule has 0 aliphatic heterocycles. The number of sulfone groups is 1. The molecule has 1 atom stereocenters. The predicted molar refractivity (Wildman–Crippen MR) is 113 cm³/mol. The van der Waals surface area contributed by atoms with Crippen molar-refractivity contribution < 1.29 is 18.0 Å². The molecule has 0 saturated heterocycles. The van der Waals surface area contributed by atoms with Crippen molar-refractivity contribution in [3.05, 3.63) is 23.8 Å². The lowest BCUT2D eigenvalue weighted by Gasteiger charge is -2.32. The number of anilines is 2. The van der Waals surface area contributed by atoms with Crippen LogP contribution in [0.1, 0.15) is 26.3 Å². The number of aryl methyl sites for hydroxylation is 1. The molecule has 0 radical (unpaired) electrons. The number of hydrogen-bond acceptors (Lipinski definition) is 5. The van der Waals surface area contributed by atoms with Crippen LogP contribution in [-0.2, 0) is 14.6 Å². The number of likely N-dealkylation sites (N-methyl/N-ethyl adjacent to an activating group) is 1. The molecule has 0 aromatic heterocycles. The van der Waals surface area contributed by atoms with Gasteiger partial charge in [-0.3, -0.25) is 4.79 Å². The molecule has 0 saturated carbocycles. The Morgan fingerprint density at radius 2 is 1.79 bits per heavy atom. The average Bonchev–Trinajstić information content (AvgIpc) is 2.52. The van der Waals surface area contributed by atoms with E-state index in [2.05, 4.69) is 16.0 Å². The summed E-state index contributed by atoms with van der Waals surface area (Å²) in [4.78, 5) is 26.5. The number of para-hydroxylation sites is 1. The monoisotopic (exact) mass is 412 g/mol. The Morgan fingerprint density at radius 1 is 1.18 bits per heavy atom. The van der Waals surface area contributed by atoms with Gasteiger partial charge in [-0.1, -0.05) is 32.9 Å². The average molecular weight is 413 g/mol. The fraction of sp³-hybridized carbons (Fsp3) is 0.579. The summed E-state index contributed by atoms with van der Waals surface area (Å²) in [5.74, 6) is -0.213. The zero-order chi connectivity index (χ0) is 21.7.